The van der Waals surface area contributed by atoms with Crippen LogP contribution in [0.1, 0.15) is 59.3 Å². The second-order valence-electron chi connectivity index (χ2n) is 6.65. The fourth-order valence-electron chi connectivity index (χ4n) is 3.51. The smallest absolute Gasteiger partial charge is 0.246 e. The van der Waals surface area contributed by atoms with E-state index in [0.29, 0.717) is 12.3 Å². The Morgan fingerprint density at radius 3 is 2.40 bits per heavy atom. The third-order valence-corrected chi connectivity index (χ3v) is 4.76. The number of hydrogen-bond donors (Lipinski definition) is 1. The molecule has 2 atom stereocenters. The fraction of sp³-hybridized carbons (Fsp3) is 0.875. The first kappa shape index (κ1) is 15.3. The monoisotopic (exact) mass is 280 g/mol. The second kappa shape index (κ2) is 6.59. The van der Waals surface area contributed by atoms with Gasteiger partial charge in [0.25, 0.3) is 0 Å². The molecule has 1 heterocycles. The number of nitrogens with zero attached hydrogens (tertiary/aromatic N) is 1. The molecule has 1 saturated heterocycles. The summed E-state index contributed by atoms with van der Waals surface area (Å²) in [7, 11) is 0. The SMILES string of the molecule is CCC1C(=O)NC(C(C)C)C(=O)N1CC1CCCCC1. The highest BCUT2D eigenvalue weighted by Gasteiger charge is 2.41. The molecule has 1 N–H and O–H groups in total. The van der Waals surface area contributed by atoms with Gasteiger partial charge in [0.2, 0.25) is 11.8 Å². The highest BCUT2D eigenvalue weighted by molar-refractivity contribution is 5.97. The molecule has 4 heteroatoms. The number of piperazine rings is 1. The maximum atomic E-state index is 12.7. The van der Waals surface area contributed by atoms with Crippen LogP contribution in [-0.2, 0) is 9.59 Å². The van der Waals surface area contributed by atoms with Crippen LogP contribution in [-0.4, -0.2) is 35.3 Å². The standard InChI is InChI=1S/C16H28N2O2/c1-4-13-15(19)17-14(11(2)3)16(20)18(13)10-12-8-6-5-7-9-12/h11-14H,4-10H2,1-3H3,(H,17,19). The summed E-state index contributed by atoms with van der Waals surface area (Å²) in [6, 6.07) is -0.603. The molecule has 4 nitrogen and oxygen atoms in total. The van der Waals surface area contributed by atoms with Gasteiger partial charge in [-0.25, -0.2) is 0 Å². The van der Waals surface area contributed by atoms with Crippen molar-refractivity contribution in [3.63, 3.8) is 0 Å². The number of amides is 2. The summed E-state index contributed by atoms with van der Waals surface area (Å²) in [5.74, 6) is 0.886. The van der Waals surface area contributed by atoms with Crippen molar-refractivity contribution in [2.75, 3.05) is 6.54 Å². The summed E-state index contributed by atoms with van der Waals surface area (Å²) in [5, 5.41) is 2.90. The number of nitrogens with one attached hydrogen (secondary N) is 1. The van der Waals surface area contributed by atoms with E-state index in [1.807, 2.05) is 25.7 Å². The number of hydrogen-bond acceptors (Lipinski definition) is 2. The molecule has 0 aromatic rings. The first-order valence-electron chi connectivity index (χ1n) is 8.15. The fourth-order valence-corrected chi connectivity index (χ4v) is 3.51. The van der Waals surface area contributed by atoms with Crippen molar-refractivity contribution in [2.24, 2.45) is 11.8 Å². The average molecular weight is 280 g/mol. The van der Waals surface area contributed by atoms with Crippen LogP contribution in [0.4, 0.5) is 0 Å². The van der Waals surface area contributed by atoms with E-state index in [9.17, 15) is 9.59 Å². The maximum absolute atomic E-state index is 12.7. The Balaban J connectivity index is 2.11. The van der Waals surface area contributed by atoms with Gasteiger partial charge in [0.15, 0.2) is 0 Å². The van der Waals surface area contributed by atoms with E-state index < -0.39 is 0 Å². The lowest BCUT2D eigenvalue weighted by Crippen LogP contribution is -2.65. The van der Waals surface area contributed by atoms with Gasteiger partial charge >= 0.3 is 0 Å². The van der Waals surface area contributed by atoms with Crippen LogP contribution >= 0.6 is 0 Å². The quantitative estimate of drug-likeness (QED) is 0.859. The van der Waals surface area contributed by atoms with Crippen LogP contribution in [0.5, 0.6) is 0 Å². The summed E-state index contributed by atoms with van der Waals surface area (Å²) >= 11 is 0. The molecule has 2 rings (SSSR count). The summed E-state index contributed by atoms with van der Waals surface area (Å²) in [6.45, 7) is 6.75. The lowest BCUT2D eigenvalue weighted by molar-refractivity contribution is -0.151. The lowest BCUT2D eigenvalue weighted by atomic mass is 9.87. The molecule has 1 saturated carbocycles. The minimum absolute atomic E-state index is 0.0293. The van der Waals surface area contributed by atoms with Gasteiger partial charge in [-0.3, -0.25) is 9.59 Å². The van der Waals surface area contributed by atoms with Crippen molar-refractivity contribution in [3.8, 4) is 0 Å². The van der Waals surface area contributed by atoms with Gasteiger partial charge in [-0.2, -0.15) is 0 Å². The Morgan fingerprint density at radius 1 is 1.20 bits per heavy atom. The molecule has 0 bridgehead atoms. The number of carbonyl (C=O) groups is 2. The van der Waals surface area contributed by atoms with E-state index in [1.165, 1.54) is 32.1 Å². The van der Waals surface area contributed by atoms with Gasteiger partial charge in [-0.05, 0) is 31.1 Å². The Hall–Kier alpha value is -1.06. The third-order valence-electron chi connectivity index (χ3n) is 4.76. The maximum Gasteiger partial charge on any atom is 0.246 e. The molecule has 0 aromatic carbocycles. The minimum Gasteiger partial charge on any atom is -0.342 e. The number of carbonyl (C=O) groups excluding carboxylic acids is 2. The highest BCUT2D eigenvalue weighted by Crippen LogP contribution is 2.27. The molecule has 0 aromatic heterocycles. The van der Waals surface area contributed by atoms with Gasteiger partial charge in [-0.15, -0.1) is 0 Å². The Labute approximate surface area is 122 Å². The van der Waals surface area contributed by atoms with E-state index in [0.717, 1.165) is 6.54 Å². The predicted molar refractivity (Wildman–Crippen MR) is 79.1 cm³/mol. The summed E-state index contributed by atoms with van der Waals surface area (Å²) in [5.41, 5.74) is 0. The molecular weight excluding hydrogens is 252 g/mol. The molecule has 114 valence electrons. The van der Waals surface area contributed by atoms with Gasteiger partial charge in [0, 0.05) is 6.54 Å². The molecule has 2 fully saturated rings. The Morgan fingerprint density at radius 2 is 1.85 bits per heavy atom. The Bertz CT molecular complexity index is 361. The minimum atomic E-state index is -0.339. The van der Waals surface area contributed by atoms with E-state index in [1.54, 1.807) is 0 Å². The van der Waals surface area contributed by atoms with Crippen LogP contribution < -0.4 is 5.32 Å². The van der Waals surface area contributed by atoms with Crippen molar-refractivity contribution in [3.05, 3.63) is 0 Å². The molecule has 2 amide bonds. The first-order valence-corrected chi connectivity index (χ1v) is 8.15. The van der Waals surface area contributed by atoms with Crippen molar-refractivity contribution >= 4 is 11.8 Å². The average Bonchev–Trinajstić information content (AvgIpc) is 2.43. The molecule has 1 aliphatic heterocycles. The van der Waals surface area contributed by atoms with E-state index in [-0.39, 0.29) is 29.8 Å². The molecule has 0 radical (unpaired) electrons. The van der Waals surface area contributed by atoms with Crippen molar-refractivity contribution < 1.29 is 9.59 Å². The van der Waals surface area contributed by atoms with Gasteiger partial charge in [0.05, 0.1) is 0 Å². The lowest BCUT2D eigenvalue weighted by Gasteiger charge is -2.42. The van der Waals surface area contributed by atoms with Crippen LogP contribution in [0.2, 0.25) is 0 Å². The topological polar surface area (TPSA) is 49.4 Å². The first-order chi connectivity index (χ1) is 9.54. The molecule has 20 heavy (non-hydrogen) atoms. The molecular formula is C16H28N2O2. The molecule has 1 aliphatic carbocycles. The number of rotatable bonds is 4. The summed E-state index contributed by atoms with van der Waals surface area (Å²) in [4.78, 5) is 26.8. The van der Waals surface area contributed by atoms with Crippen LogP contribution in [0.3, 0.4) is 0 Å². The highest BCUT2D eigenvalue weighted by atomic mass is 16.2. The normalized spacial score (nSPS) is 28.9. The van der Waals surface area contributed by atoms with Gasteiger partial charge in [-0.1, -0.05) is 40.0 Å². The second-order valence-corrected chi connectivity index (χ2v) is 6.65. The molecule has 2 aliphatic rings. The third kappa shape index (κ3) is 3.15. The summed E-state index contributed by atoms with van der Waals surface area (Å²) in [6.07, 6.45) is 6.96. The van der Waals surface area contributed by atoms with Gasteiger partial charge in [0.1, 0.15) is 12.1 Å². The molecule has 0 spiro atoms. The van der Waals surface area contributed by atoms with Crippen LogP contribution in [0.25, 0.3) is 0 Å². The van der Waals surface area contributed by atoms with E-state index >= 15 is 0 Å². The summed E-state index contributed by atoms with van der Waals surface area (Å²) < 4.78 is 0. The zero-order chi connectivity index (χ0) is 14.7. The van der Waals surface area contributed by atoms with Crippen molar-refractivity contribution in [2.45, 2.75) is 71.4 Å². The van der Waals surface area contributed by atoms with Crippen LogP contribution in [0, 0.1) is 11.8 Å². The van der Waals surface area contributed by atoms with E-state index in [2.05, 4.69) is 5.32 Å². The molecule has 2 unspecified atom stereocenters. The Kier molecular flexibility index (Phi) is 5.06. The largest absolute Gasteiger partial charge is 0.342 e. The van der Waals surface area contributed by atoms with Crippen molar-refractivity contribution in [1.29, 1.82) is 0 Å². The zero-order valence-electron chi connectivity index (χ0n) is 13.0. The van der Waals surface area contributed by atoms with Gasteiger partial charge < -0.3 is 10.2 Å². The van der Waals surface area contributed by atoms with E-state index in [4.69, 9.17) is 0 Å². The van der Waals surface area contributed by atoms with Crippen molar-refractivity contribution in [1.82, 2.24) is 10.2 Å². The van der Waals surface area contributed by atoms with Crippen LogP contribution in [0.15, 0.2) is 0 Å². The predicted octanol–water partition coefficient (Wildman–Crippen LogP) is 2.33. The zero-order valence-corrected chi connectivity index (χ0v) is 13.0.